The van der Waals surface area contributed by atoms with Gasteiger partial charge in [-0.15, -0.1) is 0 Å². The third kappa shape index (κ3) is 4.99. The molecule has 0 fully saturated rings. The summed E-state index contributed by atoms with van der Waals surface area (Å²) in [7, 11) is 0. The van der Waals surface area contributed by atoms with Gasteiger partial charge in [0, 0.05) is 40.8 Å². The fraction of sp³-hybridized carbons (Fsp3) is 0.150. The number of nitrogens with zero attached hydrogens (tertiary/aromatic N) is 2. The summed E-state index contributed by atoms with van der Waals surface area (Å²) in [6.45, 7) is 1.79. The van der Waals surface area contributed by atoms with E-state index in [1.165, 1.54) is 11.8 Å². The molecule has 1 aromatic heterocycles. The van der Waals surface area contributed by atoms with E-state index in [0.717, 1.165) is 10.8 Å². The molecule has 5 nitrogen and oxygen atoms in total. The van der Waals surface area contributed by atoms with Crippen LogP contribution in [0.5, 0.6) is 0 Å². The molecule has 0 radical (unpaired) electrons. The first-order valence-electron chi connectivity index (χ1n) is 8.42. The van der Waals surface area contributed by atoms with E-state index in [2.05, 4.69) is 10.3 Å². The highest BCUT2D eigenvalue weighted by molar-refractivity contribution is 7.99. The molecule has 1 N–H and O–H groups in total. The Morgan fingerprint density at radius 1 is 1.19 bits per heavy atom. The van der Waals surface area contributed by atoms with E-state index >= 15 is 0 Å². The van der Waals surface area contributed by atoms with Crippen LogP contribution in [-0.2, 0) is 4.79 Å². The lowest BCUT2D eigenvalue weighted by atomic mass is 10.1. The number of carbonyl (C=O) groups is 2. The number of imidazole rings is 1. The van der Waals surface area contributed by atoms with Gasteiger partial charge in [-0.25, -0.2) is 4.98 Å². The van der Waals surface area contributed by atoms with Crippen LogP contribution >= 0.6 is 23.4 Å². The second kappa shape index (κ2) is 8.88. The number of hydrogen-bond acceptors (Lipinski definition) is 4. The fourth-order valence-corrected chi connectivity index (χ4v) is 3.47. The molecular weight excluding hydrogens is 382 g/mol. The van der Waals surface area contributed by atoms with E-state index in [9.17, 15) is 9.59 Å². The second-order valence-electron chi connectivity index (χ2n) is 5.75. The van der Waals surface area contributed by atoms with Crippen LogP contribution < -0.4 is 5.32 Å². The molecule has 1 amide bonds. The van der Waals surface area contributed by atoms with Crippen molar-refractivity contribution in [1.29, 1.82) is 0 Å². The zero-order chi connectivity index (χ0) is 19.2. The smallest absolute Gasteiger partial charge is 0.224 e. The fourth-order valence-electron chi connectivity index (χ4n) is 2.42. The zero-order valence-corrected chi connectivity index (χ0v) is 16.3. The van der Waals surface area contributed by atoms with Crippen LogP contribution in [-0.4, -0.2) is 27.0 Å². The second-order valence-corrected chi connectivity index (χ2v) is 7.13. The van der Waals surface area contributed by atoms with Gasteiger partial charge in [0.25, 0.3) is 0 Å². The maximum Gasteiger partial charge on any atom is 0.224 e. The summed E-state index contributed by atoms with van der Waals surface area (Å²) >= 11 is 7.42. The van der Waals surface area contributed by atoms with Crippen LogP contribution in [0.4, 0.5) is 5.69 Å². The molecule has 2 aromatic carbocycles. The van der Waals surface area contributed by atoms with Gasteiger partial charge in [-0.05, 0) is 42.5 Å². The minimum atomic E-state index is -0.0579. The van der Waals surface area contributed by atoms with Gasteiger partial charge in [0.1, 0.15) is 0 Å². The SMILES string of the molecule is CCC(=O)Nc1ccc(C(=O)CSc2nccn2-c2cccc(Cl)c2)cc1. The van der Waals surface area contributed by atoms with Crippen molar-refractivity contribution in [2.24, 2.45) is 0 Å². The summed E-state index contributed by atoms with van der Waals surface area (Å²) in [6, 6.07) is 14.4. The first-order valence-corrected chi connectivity index (χ1v) is 9.78. The van der Waals surface area contributed by atoms with E-state index in [0.29, 0.717) is 22.7 Å². The standard InChI is InChI=1S/C20H18ClN3O2S/c1-2-19(26)23-16-8-6-14(7-9-16)18(25)13-27-20-22-10-11-24(20)17-5-3-4-15(21)12-17/h3-12H,2,13H2,1H3,(H,23,26). The van der Waals surface area contributed by atoms with Crippen LogP contribution in [0.2, 0.25) is 5.02 Å². The van der Waals surface area contributed by atoms with Gasteiger partial charge in [-0.3, -0.25) is 14.2 Å². The van der Waals surface area contributed by atoms with Crippen molar-refractivity contribution >= 4 is 40.7 Å². The summed E-state index contributed by atoms with van der Waals surface area (Å²) in [5, 5.41) is 4.12. The van der Waals surface area contributed by atoms with Crippen LogP contribution in [0.25, 0.3) is 5.69 Å². The number of aromatic nitrogens is 2. The van der Waals surface area contributed by atoms with Gasteiger partial charge in [-0.1, -0.05) is 36.4 Å². The van der Waals surface area contributed by atoms with Crippen LogP contribution in [0.1, 0.15) is 23.7 Å². The number of halogens is 1. The molecule has 1 heterocycles. The predicted octanol–water partition coefficient (Wildman–Crippen LogP) is 4.85. The highest BCUT2D eigenvalue weighted by Crippen LogP contribution is 2.23. The molecule has 0 atom stereocenters. The van der Waals surface area contributed by atoms with Crippen molar-refractivity contribution in [3.8, 4) is 5.69 Å². The summed E-state index contributed by atoms with van der Waals surface area (Å²) in [5.74, 6) is 0.199. The Hall–Kier alpha value is -2.57. The number of hydrogen-bond donors (Lipinski definition) is 1. The molecule has 27 heavy (non-hydrogen) atoms. The van der Waals surface area contributed by atoms with Gasteiger partial charge >= 0.3 is 0 Å². The Kier molecular flexibility index (Phi) is 6.32. The number of thioether (sulfide) groups is 1. The highest BCUT2D eigenvalue weighted by Gasteiger charge is 2.11. The summed E-state index contributed by atoms with van der Waals surface area (Å²) < 4.78 is 1.90. The van der Waals surface area contributed by atoms with E-state index in [-0.39, 0.29) is 17.4 Å². The zero-order valence-electron chi connectivity index (χ0n) is 14.7. The van der Waals surface area contributed by atoms with Gasteiger partial charge < -0.3 is 5.32 Å². The molecule has 0 unspecified atom stereocenters. The van der Waals surface area contributed by atoms with Gasteiger partial charge in [0.2, 0.25) is 5.91 Å². The number of carbonyl (C=O) groups excluding carboxylic acids is 2. The molecule has 7 heteroatoms. The van der Waals surface area contributed by atoms with Gasteiger partial charge in [0.05, 0.1) is 5.75 Å². The molecule has 3 aromatic rings. The van der Waals surface area contributed by atoms with E-state index in [1.807, 2.05) is 35.0 Å². The van der Waals surface area contributed by atoms with E-state index < -0.39 is 0 Å². The maximum atomic E-state index is 12.5. The van der Waals surface area contributed by atoms with Crippen molar-refractivity contribution in [2.45, 2.75) is 18.5 Å². The van der Waals surface area contributed by atoms with Crippen molar-refractivity contribution in [2.75, 3.05) is 11.1 Å². The maximum absolute atomic E-state index is 12.5. The minimum Gasteiger partial charge on any atom is -0.326 e. The molecule has 0 bridgehead atoms. The molecule has 0 aliphatic rings. The summed E-state index contributed by atoms with van der Waals surface area (Å²) in [4.78, 5) is 28.2. The van der Waals surface area contributed by atoms with Crippen molar-refractivity contribution in [3.05, 3.63) is 71.5 Å². The summed E-state index contributed by atoms with van der Waals surface area (Å²) in [6.07, 6.45) is 3.94. The average Bonchev–Trinajstić information content (AvgIpc) is 3.15. The van der Waals surface area contributed by atoms with Crippen molar-refractivity contribution < 1.29 is 9.59 Å². The number of nitrogens with one attached hydrogen (secondary N) is 1. The lowest BCUT2D eigenvalue weighted by Gasteiger charge is -2.08. The Bertz CT molecular complexity index is 954. The highest BCUT2D eigenvalue weighted by atomic mass is 35.5. The van der Waals surface area contributed by atoms with Crippen LogP contribution in [0, 0.1) is 0 Å². The first kappa shape index (κ1) is 19.2. The summed E-state index contributed by atoms with van der Waals surface area (Å²) in [5.41, 5.74) is 2.17. The predicted molar refractivity (Wildman–Crippen MR) is 109 cm³/mol. The van der Waals surface area contributed by atoms with E-state index in [1.54, 1.807) is 37.4 Å². The first-order chi connectivity index (χ1) is 13.1. The Balaban J connectivity index is 1.65. The number of Topliss-reactive ketones (excluding diaryl/α,β-unsaturated/α-hetero) is 1. The monoisotopic (exact) mass is 399 g/mol. The molecule has 0 spiro atoms. The molecule has 3 rings (SSSR count). The average molecular weight is 400 g/mol. The molecular formula is C20H18ClN3O2S. The molecule has 138 valence electrons. The van der Waals surface area contributed by atoms with E-state index in [4.69, 9.17) is 11.6 Å². The quantitative estimate of drug-likeness (QED) is 0.455. The van der Waals surface area contributed by atoms with Crippen molar-refractivity contribution in [1.82, 2.24) is 9.55 Å². The third-order valence-corrected chi connectivity index (χ3v) is 5.04. The largest absolute Gasteiger partial charge is 0.326 e. The molecule has 0 saturated carbocycles. The minimum absolute atomic E-state index is 0.00554. The Labute approximate surface area is 166 Å². The molecule has 0 aliphatic heterocycles. The normalized spacial score (nSPS) is 10.6. The van der Waals surface area contributed by atoms with Gasteiger partial charge in [0.15, 0.2) is 10.9 Å². The molecule has 0 aliphatic carbocycles. The van der Waals surface area contributed by atoms with Crippen LogP contribution in [0.3, 0.4) is 0 Å². The number of rotatable bonds is 7. The lowest BCUT2D eigenvalue weighted by Crippen LogP contribution is -2.10. The topological polar surface area (TPSA) is 64.0 Å². The molecule has 0 saturated heterocycles. The van der Waals surface area contributed by atoms with Crippen molar-refractivity contribution in [3.63, 3.8) is 0 Å². The number of amides is 1. The lowest BCUT2D eigenvalue weighted by molar-refractivity contribution is -0.115. The number of ketones is 1. The number of benzene rings is 2. The third-order valence-electron chi connectivity index (χ3n) is 3.84. The van der Waals surface area contributed by atoms with Crippen LogP contribution in [0.15, 0.2) is 66.1 Å². The van der Waals surface area contributed by atoms with Gasteiger partial charge in [-0.2, -0.15) is 0 Å². The Morgan fingerprint density at radius 2 is 1.96 bits per heavy atom. The number of anilines is 1. The Morgan fingerprint density at radius 3 is 2.67 bits per heavy atom.